The minimum atomic E-state index is -0.968. The summed E-state index contributed by atoms with van der Waals surface area (Å²) in [6.45, 7) is 2.22. The number of aromatic nitrogens is 3. The Morgan fingerprint density at radius 1 is 1.05 bits per heavy atom. The number of rotatable bonds is 8. The Balaban J connectivity index is 1.07. The maximum absolute atomic E-state index is 11.3. The fraction of sp³-hybridized carbons (Fsp3) is 0.400. The van der Waals surface area contributed by atoms with Gasteiger partial charge >= 0.3 is 5.97 Å². The lowest BCUT2D eigenvalue weighted by Crippen LogP contribution is -2.46. The summed E-state index contributed by atoms with van der Waals surface area (Å²) >= 11 is 13.0. The van der Waals surface area contributed by atoms with Crippen LogP contribution in [0, 0.1) is 6.92 Å². The molecule has 2 aliphatic heterocycles. The Bertz CT molecular complexity index is 1600. The van der Waals surface area contributed by atoms with Gasteiger partial charge in [0.25, 0.3) is 11.8 Å². The van der Waals surface area contributed by atoms with Gasteiger partial charge in [-0.25, -0.2) is 4.79 Å². The van der Waals surface area contributed by atoms with Crippen molar-refractivity contribution >= 4 is 35.1 Å². The molecule has 4 aromatic rings. The predicted molar refractivity (Wildman–Crippen MR) is 152 cm³/mol. The first-order valence-corrected chi connectivity index (χ1v) is 14.6. The topological polar surface area (TPSA) is 115 Å². The molecule has 3 fully saturated rings. The fourth-order valence-electron chi connectivity index (χ4n) is 6.31. The first-order chi connectivity index (χ1) is 19.9. The zero-order valence-corrected chi connectivity index (χ0v) is 23.9. The van der Waals surface area contributed by atoms with E-state index in [9.17, 15) is 9.90 Å². The van der Waals surface area contributed by atoms with Crippen LogP contribution in [0.1, 0.15) is 71.7 Å². The second-order valence-corrected chi connectivity index (χ2v) is 12.0. The highest BCUT2D eigenvalue weighted by Crippen LogP contribution is 2.47. The number of anilines is 1. The predicted octanol–water partition coefficient (Wildman–Crippen LogP) is 7.30. The number of carboxylic acids is 1. The van der Waals surface area contributed by atoms with E-state index in [1.165, 1.54) is 0 Å². The molecule has 1 N–H and O–H groups in total. The Morgan fingerprint density at radius 3 is 2.44 bits per heavy atom. The van der Waals surface area contributed by atoms with Crippen LogP contribution >= 0.6 is 23.2 Å². The van der Waals surface area contributed by atoms with Gasteiger partial charge in [0.2, 0.25) is 0 Å². The van der Waals surface area contributed by atoms with Crippen molar-refractivity contribution in [1.82, 2.24) is 15.3 Å². The van der Waals surface area contributed by atoms with Crippen LogP contribution in [-0.4, -0.2) is 44.6 Å². The number of nitrogens with zero attached hydrogens (tertiary/aromatic N) is 4. The SMILES string of the molecule is Cc1cc(C(=O)O)ccc1-c1nc(N2[C@@H]3CC[C@H]2CC(OCc2c(-c4c(Cl)cccc4Cl)noc2C2CC2)C3)no1. The van der Waals surface area contributed by atoms with E-state index in [1.807, 2.05) is 25.1 Å². The number of aryl methyl sites for hydroxylation is 1. The number of aromatic carboxylic acids is 1. The molecule has 3 aliphatic rings. The van der Waals surface area contributed by atoms with Gasteiger partial charge in [-0.1, -0.05) is 34.4 Å². The minimum absolute atomic E-state index is 0.0671. The molecule has 2 bridgehead atoms. The van der Waals surface area contributed by atoms with E-state index in [0.29, 0.717) is 45.7 Å². The molecule has 1 saturated carbocycles. The number of piperidine rings is 1. The maximum atomic E-state index is 11.3. The molecule has 41 heavy (non-hydrogen) atoms. The zero-order chi connectivity index (χ0) is 28.2. The average Bonchev–Trinajstić information content (AvgIpc) is 3.42. The molecule has 212 valence electrons. The van der Waals surface area contributed by atoms with Crippen LogP contribution in [0.5, 0.6) is 0 Å². The van der Waals surface area contributed by atoms with Crippen molar-refractivity contribution in [1.29, 1.82) is 0 Å². The third-order valence-electron chi connectivity index (χ3n) is 8.47. The molecule has 3 atom stereocenters. The van der Waals surface area contributed by atoms with Gasteiger partial charge in [0.1, 0.15) is 11.5 Å². The van der Waals surface area contributed by atoms with Gasteiger partial charge in [0, 0.05) is 34.7 Å². The van der Waals surface area contributed by atoms with E-state index >= 15 is 0 Å². The molecule has 9 nitrogen and oxygen atoms in total. The van der Waals surface area contributed by atoms with Crippen molar-refractivity contribution in [2.45, 2.75) is 76.2 Å². The summed E-state index contributed by atoms with van der Waals surface area (Å²) in [6, 6.07) is 10.8. The van der Waals surface area contributed by atoms with Crippen LogP contribution in [0.2, 0.25) is 10.0 Å². The Labute approximate surface area is 246 Å². The van der Waals surface area contributed by atoms with E-state index in [-0.39, 0.29) is 23.8 Å². The lowest BCUT2D eigenvalue weighted by atomic mass is 9.99. The van der Waals surface area contributed by atoms with E-state index in [1.54, 1.807) is 18.2 Å². The first-order valence-electron chi connectivity index (χ1n) is 13.9. The standard InChI is InChI=1S/C30H28Cl2N4O5/c1-15-11-17(29(37)38)7-10-21(15)28-33-30(35-41-28)36-18-8-9-19(36)13-20(12-18)39-14-22-26(34-40-27(22)16-5-6-16)25-23(31)3-2-4-24(25)32/h2-4,7,10-11,16,18-20H,5-6,8-9,12-14H2,1H3,(H,37,38)/t18-,19+,20?. The van der Waals surface area contributed by atoms with Crippen LogP contribution in [0.15, 0.2) is 45.4 Å². The Kier molecular flexibility index (Phi) is 6.76. The normalized spacial score (nSPS) is 21.9. The molecule has 2 aromatic heterocycles. The van der Waals surface area contributed by atoms with Crippen molar-refractivity contribution in [3.05, 3.63) is 68.9 Å². The molecule has 0 spiro atoms. The number of carbonyl (C=O) groups is 1. The van der Waals surface area contributed by atoms with Crippen LogP contribution < -0.4 is 4.90 Å². The van der Waals surface area contributed by atoms with Crippen LogP contribution in [0.4, 0.5) is 5.95 Å². The molecular formula is C30H28Cl2N4O5. The molecule has 1 unspecified atom stereocenters. The van der Waals surface area contributed by atoms with Crippen molar-refractivity contribution in [2.24, 2.45) is 0 Å². The molecule has 7 rings (SSSR count). The number of carboxylic acid groups (broad SMARTS) is 1. The monoisotopic (exact) mass is 594 g/mol. The minimum Gasteiger partial charge on any atom is -0.478 e. The van der Waals surface area contributed by atoms with Gasteiger partial charge in [-0.2, -0.15) is 4.98 Å². The van der Waals surface area contributed by atoms with Gasteiger partial charge < -0.3 is 23.8 Å². The van der Waals surface area contributed by atoms with Gasteiger partial charge in [-0.3, -0.25) is 0 Å². The molecule has 2 aromatic carbocycles. The quantitative estimate of drug-likeness (QED) is 0.224. The summed E-state index contributed by atoms with van der Waals surface area (Å²) in [5.41, 5.74) is 4.00. The molecule has 2 saturated heterocycles. The summed E-state index contributed by atoms with van der Waals surface area (Å²) < 4.78 is 18.0. The maximum Gasteiger partial charge on any atom is 0.335 e. The number of ether oxygens (including phenoxy) is 1. The third kappa shape index (κ3) is 4.90. The summed E-state index contributed by atoms with van der Waals surface area (Å²) in [4.78, 5) is 18.3. The van der Waals surface area contributed by atoms with Crippen molar-refractivity contribution in [3.63, 3.8) is 0 Å². The van der Waals surface area contributed by atoms with Gasteiger partial charge in [-0.15, -0.1) is 0 Å². The first kappa shape index (κ1) is 26.5. The second-order valence-electron chi connectivity index (χ2n) is 11.2. The van der Waals surface area contributed by atoms with Gasteiger partial charge in [0.05, 0.1) is 28.3 Å². The largest absolute Gasteiger partial charge is 0.478 e. The summed E-state index contributed by atoms with van der Waals surface area (Å²) in [6.07, 6.45) is 5.98. The zero-order valence-electron chi connectivity index (χ0n) is 22.3. The highest BCUT2D eigenvalue weighted by molar-refractivity contribution is 6.39. The van der Waals surface area contributed by atoms with Crippen LogP contribution in [0.25, 0.3) is 22.7 Å². The number of halogens is 2. The van der Waals surface area contributed by atoms with Crippen molar-refractivity contribution in [3.8, 4) is 22.7 Å². The van der Waals surface area contributed by atoms with E-state index < -0.39 is 5.97 Å². The van der Waals surface area contributed by atoms with Crippen LogP contribution in [-0.2, 0) is 11.3 Å². The highest BCUT2D eigenvalue weighted by atomic mass is 35.5. The summed E-state index contributed by atoms with van der Waals surface area (Å²) in [5, 5.41) is 19.0. The molecule has 11 heteroatoms. The summed E-state index contributed by atoms with van der Waals surface area (Å²) in [7, 11) is 0. The molecule has 4 heterocycles. The molecule has 1 aliphatic carbocycles. The number of hydrogen-bond acceptors (Lipinski definition) is 8. The number of benzene rings is 2. The number of hydrogen-bond donors (Lipinski definition) is 1. The van der Waals surface area contributed by atoms with Gasteiger partial charge in [-0.05, 0) is 86.5 Å². The number of fused-ring (bicyclic) bond motifs is 2. The highest BCUT2D eigenvalue weighted by Gasteiger charge is 2.44. The molecular weight excluding hydrogens is 567 g/mol. The van der Waals surface area contributed by atoms with Gasteiger partial charge in [0.15, 0.2) is 0 Å². The van der Waals surface area contributed by atoms with E-state index in [0.717, 1.165) is 61.0 Å². The average molecular weight is 595 g/mol. The lowest BCUT2D eigenvalue weighted by molar-refractivity contribution is 0.0144. The van der Waals surface area contributed by atoms with Crippen LogP contribution in [0.3, 0.4) is 0 Å². The van der Waals surface area contributed by atoms with E-state index in [4.69, 9.17) is 42.0 Å². The third-order valence-corrected chi connectivity index (χ3v) is 9.10. The Morgan fingerprint density at radius 2 is 1.78 bits per heavy atom. The molecule has 0 radical (unpaired) electrons. The smallest absolute Gasteiger partial charge is 0.335 e. The van der Waals surface area contributed by atoms with Crippen molar-refractivity contribution in [2.75, 3.05) is 4.90 Å². The fourth-order valence-corrected chi connectivity index (χ4v) is 6.88. The second kappa shape index (κ2) is 10.5. The summed E-state index contributed by atoms with van der Waals surface area (Å²) in [5.74, 6) is 1.23. The lowest BCUT2D eigenvalue weighted by Gasteiger charge is -2.37. The van der Waals surface area contributed by atoms with E-state index in [2.05, 4.69) is 15.2 Å². The molecule has 0 amide bonds. The van der Waals surface area contributed by atoms with Crippen molar-refractivity contribution < 1.29 is 23.7 Å². The Hall–Kier alpha value is -3.40.